The number of nitrogen functional groups attached to an aromatic ring is 1. The second kappa shape index (κ2) is 5.71. The molecule has 2 aromatic rings. The van der Waals surface area contributed by atoms with Crippen molar-refractivity contribution in [2.24, 2.45) is 0 Å². The first-order valence-corrected chi connectivity index (χ1v) is 6.87. The van der Waals surface area contributed by atoms with E-state index in [-0.39, 0.29) is 5.91 Å². The summed E-state index contributed by atoms with van der Waals surface area (Å²) < 4.78 is 14.2. The Kier molecular flexibility index (Phi) is 4.21. The third-order valence-corrected chi connectivity index (χ3v) is 3.59. The number of hydrogen-bond donors (Lipinski definition) is 2. The topological polar surface area (TPSA) is 55.1 Å². The zero-order valence-corrected chi connectivity index (χ0v) is 12.8. The minimum atomic E-state index is -0.411. The highest BCUT2D eigenvalue weighted by Crippen LogP contribution is 2.25. The summed E-state index contributed by atoms with van der Waals surface area (Å²) in [6.07, 6.45) is 0. The highest BCUT2D eigenvalue weighted by atomic mass is 79.9. The van der Waals surface area contributed by atoms with Crippen molar-refractivity contribution >= 4 is 49.1 Å². The smallest absolute Gasteiger partial charge is 0.256 e. The van der Waals surface area contributed by atoms with Crippen LogP contribution in [0.1, 0.15) is 10.4 Å². The van der Waals surface area contributed by atoms with Crippen molar-refractivity contribution < 1.29 is 9.18 Å². The normalized spacial score (nSPS) is 10.3. The number of rotatable bonds is 2. The first kappa shape index (κ1) is 14.0. The van der Waals surface area contributed by atoms with Gasteiger partial charge in [-0.1, -0.05) is 15.9 Å². The molecule has 0 heterocycles. The molecule has 0 saturated carbocycles. The molecule has 6 heteroatoms. The SMILES string of the molecule is Nc1cc(Br)ccc1NC(=O)c1ccc(F)cc1Br. The molecule has 2 aromatic carbocycles. The third-order valence-electron chi connectivity index (χ3n) is 2.44. The summed E-state index contributed by atoms with van der Waals surface area (Å²) in [5, 5.41) is 2.68. The Hall–Kier alpha value is -1.40. The number of nitrogens with two attached hydrogens (primary N) is 1. The van der Waals surface area contributed by atoms with Crippen LogP contribution in [-0.4, -0.2) is 5.91 Å². The van der Waals surface area contributed by atoms with Gasteiger partial charge in [0, 0.05) is 8.95 Å². The van der Waals surface area contributed by atoms with Crippen LogP contribution < -0.4 is 11.1 Å². The number of carbonyl (C=O) groups is 1. The van der Waals surface area contributed by atoms with Crippen LogP contribution in [-0.2, 0) is 0 Å². The Balaban J connectivity index is 2.25. The van der Waals surface area contributed by atoms with E-state index in [1.54, 1.807) is 18.2 Å². The molecule has 0 aromatic heterocycles. The molecule has 1 amide bonds. The van der Waals surface area contributed by atoms with Gasteiger partial charge in [-0.25, -0.2) is 4.39 Å². The van der Waals surface area contributed by atoms with Gasteiger partial charge in [-0.05, 0) is 52.3 Å². The van der Waals surface area contributed by atoms with E-state index >= 15 is 0 Å². The van der Waals surface area contributed by atoms with Crippen molar-refractivity contribution in [3.63, 3.8) is 0 Å². The number of halogens is 3. The number of benzene rings is 2. The number of hydrogen-bond acceptors (Lipinski definition) is 2. The molecule has 2 rings (SSSR count). The van der Waals surface area contributed by atoms with Gasteiger partial charge in [0.25, 0.3) is 5.91 Å². The molecule has 0 atom stereocenters. The summed E-state index contributed by atoms with van der Waals surface area (Å²) in [5.41, 5.74) is 7.08. The minimum absolute atomic E-state index is 0.337. The van der Waals surface area contributed by atoms with Crippen molar-refractivity contribution in [2.75, 3.05) is 11.1 Å². The second-order valence-electron chi connectivity index (χ2n) is 3.81. The Morgan fingerprint density at radius 2 is 1.89 bits per heavy atom. The minimum Gasteiger partial charge on any atom is -0.397 e. The van der Waals surface area contributed by atoms with Gasteiger partial charge >= 0.3 is 0 Å². The van der Waals surface area contributed by atoms with Gasteiger partial charge in [-0.2, -0.15) is 0 Å². The highest BCUT2D eigenvalue weighted by Gasteiger charge is 2.12. The molecule has 0 saturated heterocycles. The monoisotopic (exact) mass is 386 g/mol. The summed E-state index contributed by atoms with van der Waals surface area (Å²) in [6.45, 7) is 0. The zero-order chi connectivity index (χ0) is 14.0. The van der Waals surface area contributed by atoms with Crippen LogP contribution in [0.3, 0.4) is 0 Å². The maximum Gasteiger partial charge on any atom is 0.256 e. The average molecular weight is 388 g/mol. The van der Waals surface area contributed by atoms with Crippen molar-refractivity contribution in [3.05, 3.63) is 56.7 Å². The van der Waals surface area contributed by atoms with Gasteiger partial charge < -0.3 is 11.1 Å². The lowest BCUT2D eigenvalue weighted by atomic mass is 10.2. The molecular formula is C13H9Br2FN2O. The molecule has 0 aliphatic rings. The van der Waals surface area contributed by atoms with Gasteiger partial charge in [0.15, 0.2) is 0 Å². The molecule has 3 nitrogen and oxygen atoms in total. The predicted molar refractivity (Wildman–Crippen MR) is 80.6 cm³/mol. The van der Waals surface area contributed by atoms with Gasteiger partial charge in [0.2, 0.25) is 0 Å². The fourth-order valence-corrected chi connectivity index (χ4v) is 2.42. The van der Waals surface area contributed by atoms with Crippen LogP contribution in [0.25, 0.3) is 0 Å². The van der Waals surface area contributed by atoms with Crippen molar-refractivity contribution in [1.29, 1.82) is 0 Å². The molecule has 0 aliphatic carbocycles. The zero-order valence-electron chi connectivity index (χ0n) is 9.58. The lowest BCUT2D eigenvalue weighted by Crippen LogP contribution is -2.13. The van der Waals surface area contributed by atoms with Gasteiger partial charge in [0.1, 0.15) is 5.82 Å². The number of anilines is 2. The molecule has 0 spiro atoms. The van der Waals surface area contributed by atoms with E-state index in [1.807, 2.05) is 0 Å². The predicted octanol–water partition coefficient (Wildman–Crippen LogP) is 4.19. The van der Waals surface area contributed by atoms with Crippen LogP contribution in [0.2, 0.25) is 0 Å². The van der Waals surface area contributed by atoms with Gasteiger partial charge in [-0.3, -0.25) is 4.79 Å². The Bertz CT molecular complexity index is 647. The maximum absolute atomic E-state index is 13.0. The first-order chi connectivity index (χ1) is 8.97. The quantitative estimate of drug-likeness (QED) is 0.759. The summed E-state index contributed by atoms with van der Waals surface area (Å²) in [4.78, 5) is 12.1. The Morgan fingerprint density at radius 1 is 1.16 bits per heavy atom. The van der Waals surface area contributed by atoms with Gasteiger partial charge in [-0.15, -0.1) is 0 Å². The van der Waals surface area contributed by atoms with E-state index in [4.69, 9.17) is 5.73 Å². The molecule has 0 aliphatic heterocycles. The second-order valence-corrected chi connectivity index (χ2v) is 5.58. The molecule has 19 heavy (non-hydrogen) atoms. The Labute approximate surface area is 126 Å². The lowest BCUT2D eigenvalue weighted by Gasteiger charge is -2.09. The number of amides is 1. The molecule has 98 valence electrons. The highest BCUT2D eigenvalue weighted by molar-refractivity contribution is 9.10. The first-order valence-electron chi connectivity index (χ1n) is 5.29. The van der Waals surface area contributed by atoms with Gasteiger partial charge in [0.05, 0.1) is 16.9 Å². The van der Waals surface area contributed by atoms with Crippen molar-refractivity contribution in [2.45, 2.75) is 0 Å². The average Bonchev–Trinajstić information content (AvgIpc) is 2.32. The number of carbonyl (C=O) groups excluding carboxylic acids is 1. The van der Waals surface area contributed by atoms with Crippen LogP contribution in [0.5, 0.6) is 0 Å². The standard InChI is InChI=1S/C13H9Br2FN2O/c14-7-1-4-12(11(17)5-7)18-13(19)9-3-2-8(16)6-10(9)15/h1-6H,17H2,(H,18,19). The molecular weight excluding hydrogens is 379 g/mol. The van der Waals surface area contributed by atoms with E-state index in [2.05, 4.69) is 37.2 Å². The summed E-state index contributed by atoms with van der Waals surface area (Å²) >= 11 is 6.44. The van der Waals surface area contributed by atoms with E-state index in [0.717, 1.165) is 4.47 Å². The van der Waals surface area contributed by atoms with Crippen LogP contribution >= 0.6 is 31.9 Å². The lowest BCUT2D eigenvalue weighted by molar-refractivity contribution is 0.102. The third kappa shape index (κ3) is 3.33. The molecule has 0 radical (unpaired) electrons. The summed E-state index contributed by atoms with van der Waals surface area (Å²) in [5.74, 6) is -0.771. The van der Waals surface area contributed by atoms with Crippen molar-refractivity contribution in [1.82, 2.24) is 0 Å². The number of nitrogens with one attached hydrogen (secondary N) is 1. The van der Waals surface area contributed by atoms with E-state index in [9.17, 15) is 9.18 Å². The van der Waals surface area contributed by atoms with Crippen LogP contribution in [0.4, 0.5) is 15.8 Å². The fraction of sp³-hybridized carbons (Fsp3) is 0. The van der Waals surface area contributed by atoms with Crippen molar-refractivity contribution in [3.8, 4) is 0 Å². The molecule has 0 unspecified atom stereocenters. The Morgan fingerprint density at radius 3 is 2.53 bits per heavy atom. The maximum atomic E-state index is 13.0. The molecule has 3 N–H and O–H groups in total. The van der Waals surface area contributed by atoms with E-state index < -0.39 is 5.82 Å². The largest absolute Gasteiger partial charge is 0.397 e. The van der Waals surface area contributed by atoms with Crippen LogP contribution in [0.15, 0.2) is 45.3 Å². The molecule has 0 fully saturated rings. The molecule has 0 bridgehead atoms. The van der Waals surface area contributed by atoms with E-state index in [0.29, 0.717) is 21.4 Å². The van der Waals surface area contributed by atoms with E-state index in [1.165, 1.54) is 18.2 Å². The van der Waals surface area contributed by atoms with Crippen LogP contribution in [0, 0.1) is 5.82 Å². The summed E-state index contributed by atoms with van der Waals surface area (Å²) in [6, 6.07) is 9.02. The fourth-order valence-electron chi connectivity index (χ4n) is 1.51. The summed E-state index contributed by atoms with van der Waals surface area (Å²) in [7, 11) is 0.